The number of nitrogens with zero attached hydrogens (tertiary/aromatic N) is 1. The van der Waals surface area contributed by atoms with Crippen LogP contribution in [0.25, 0.3) is 0 Å². The Morgan fingerprint density at radius 2 is 1.62 bits per heavy atom. The van der Waals surface area contributed by atoms with Crippen molar-refractivity contribution < 1.29 is 23.9 Å². The fourth-order valence-corrected chi connectivity index (χ4v) is 5.38. The third-order valence-corrected chi connectivity index (χ3v) is 7.83. The highest BCUT2D eigenvalue weighted by Crippen LogP contribution is 2.32. The van der Waals surface area contributed by atoms with Crippen LogP contribution in [0.4, 0.5) is 0 Å². The molecule has 2 N–H and O–H groups in total. The second-order valence-corrected chi connectivity index (χ2v) is 11.2. The van der Waals surface area contributed by atoms with Crippen molar-refractivity contribution in [3.8, 4) is 0 Å². The molecule has 1 aliphatic heterocycles. The number of esters is 2. The number of H-pyrrole nitrogens is 1. The first-order valence-electron chi connectivity index (χ1n) is 15.7. The number of amides is 1. The van der Waals surface area contributed by atoms with Crippen molar-refractivity contribution in [2.45, 2.75) is 154 Å². The summed E-state index contributed by atoms with van der Waals surface area (Å²) in [5.41, 5.74) is 0.744. The van der Waals surface area contributed by atoms with Crippen LogP contribution in [0.15, 0.2) is 12.5 Å². The van der Waals surface area contributed by atoms with Crippen molar-refractivity contribution in [3.63, 3.8) is 0 Å². The van der Waals surface area contributed by atoms with E-state index in [2.05, 4.69) is 29.1 Å². The number of aromatic nitrogens is 2. The third kappa shape index (κ3) is 13.5. The predicted octanol–water partition coefficient (Wildman–Crippen LogP) is 6.58. The van der Waals surface area contributed by atoms with Gasteiger partial charge in [-0.2, -0.15) is 0 Å². The molecular weight excluding hydrogens is 494 g/mol. The van der Waals surface area contributed by atoms with E-state index in [1.165, 1.54) is 64.2 Å². The van der Waals surface area contributed by atoms with Gasteiger partial charge in [-0.15, -0.1) is 0 Å². The van der Waals surface area contributed by atoms with Gasteiger partial charge in [0.2, 0.25) is 6.41 Å². The number of carbonyl (C=O) groups excluding carboxylic acids is 3. The van der Waals surface area contributed by atoms with Gasteiger partial charge >= 0.3 is 11.9 Å². The number of cyclic esters (lactones) is 1. The number of nitrogens with one attached hydrogen (secondary N) is 2. The first-order valence-corrected chi connectivity index (χ1v) is 15.7. The first kappa shape index (κ1) is 32.8. The van der Waals surface area contributed by atoms with E-state index in [4.69, 9.17) is 9.47 Å². The number of unbranched alkanes of at least 4 members (excludes halogenated alkanes) is 13. The van der Waals surface area contributed by atoms with E-state index >= 15 is 0 Å². The monoisotopic (exact) mass is 547 g/mol. The van der Waals surface area contributed by atoms with Crippen molar-refractivity contribution in [3.05, 3.63) is 18.2 Å². The Morgan fingerprint density at radius 1 is 1.00 bits per heavy atom. The molecule has 8 heteroatoms. The Hall–Kier alpha value is -2.38. The largest absolute Gasteiger partial charge is 0.461 e. The van der Waals surface area contributed by atoms with E-state index in [9.17, 15) is 14.4 Å². The molecule has 0 bridgehead atoms. The molecule has 1 saturated heterocycles. The molecule has 0 radical (unpaired) electrons. The molecule has 1 aromatic rings. The van der Waals surface area contributed by atoms with E-state index in [0.717, 1.165) is 50.6 Å². The highest BCUT2D eigenvalue weighted by atomic mass is 16.6. The molecule has 1 aliphatic rings. The molecule has 1 amide bonds. The normalized spacial score (nSPS) is 18.2. The molecule has 2 heterocycles. The summed E-state index contributed by atoms with van der Waals surface area (Å²) >= 11 is 0. The zero-order valence-electron chi connectivity index (χ0n) is 24.5. The van der Waals surface area contributed by atoms with Crippen molar-refractivity contribution in [2.75, 3.05) is 0 Å². The van der Waals surface area contributed by atoms with Crippen LogP contribution in [0.2, 0.25) is 0 Å². The second kappa shape index (κ2) is 20.5. The van der Waals surface area contributed by atoms with Gasteiger partial charge in [0.25, 0.3) is 0 Å². The van der Waals surface area contributed by atoms with Gasteiger partial charge in [-0.3, -0.25) is 9.59 Å². The molecule has 1 fully saturated rings. The third-order valence-electron chi connectivity index (χ3n) is 7.83. The molecule has 39 heavy (non-hydrogen) atoms. The number of hydrogen-bond donors (Lipinski definition) is 2. The Morgan fingerprint density at radius 3 is 2.18 bits per heavy atom. The Bertz CT molecular complexity index is 785. The minimum atomic E-state index is -0.795. The summed E-state index contributed by atoms with van der Waals surface area (Å²) in [6, 6.07) is -0.795. The summed E-state index contributed by atoms with van der Waals surface area (Å²) in [7, 11) is 0. The Labute approximate surface area is 235 Å². The van der Waals surface area contributed by atoms with Gasteiger partial charge in [-0.05, 0) is 19.3 Å². The SMILES string of the molecule is CCCCCCCCCCCCCC(C[C@@H]1OC(=O)[C@H]1CCCCCC)OC(=O)C(Cc1cnc[nH]1)NC=O. The lowest BCUT2D eigenvalue weighted by Gasteiger charge is -2.37. The number of hydrogen-bond acceptors (Lipinski definition) is 6. The Balaban J connectivity index is 1.83. The van der Waals surface area contributed by atoms with E-state index < -0.39 is 12.0 Å². The predicted molar refractivity (Wildman–Crippen MR) is 153 cm³/mol. The quantitative estimate of drug-likeness (QED) is 0.0812. The van der Waals surface area contributed by atoms with E-state index in [1.807, 2.05) is 0 Å². The van der Waals surface area contributed by atoms with E-state index in [-0.39, 0.29) is 30.5 Å². The van der Waals surface area contributed by atoms with Crippen LogP contribution in [0.5, 0.6) is 0 Å². The number of ether oxygens (including phenoxy) is 2. The molecule has 222 valence electrons. The molecule has 1 aromatic heterocycles. The number of rotatable bonds is 25. The average molecular weight is 548 g/mol. The van der Waals surface area contributed by atoms with E-state index in [0.29, 0.717) is 12.8 Å². The number of imidazole rings is 1. The van der Waals surface area contributed by atoms with Crippen LogP contribution in [0.1, 0.15) is 135 Å². The van der Waals surface area contributed by atoms with Gasteiger partial charge in [-0.25, -0.2) is 9.78 Å². The zero-order valence-corrected chi connectivity index (χ0v) is 24.5. The van der Waals surface area contributed by atoms with Gasteiger partial charge in [0.05, 0.1) is 12.2 Å². The molecule has 8 nitrogen and oxygen atoms in total. The minimum absolute atomic E-state index is 0.103. The molecule has 2 unspecified atom stereocenters. The van der Waals surface area contributed by atoms with Gasteiger partial charge in [0.1, 0.15) is 18.2 Å². The maximum absolute atomic E-state index is 13.1. The van der Waals surface area contributed by atoms with Crippen LogP contribution < -0.4 is 5.32 Å². The molecule has 0 aromatic carbocycles. The minimum Gasteiger partial charge on any atom is -0.461 e. The molecule has 4 atom stereocenters. The van der Waals surface area contributed by atoms with Crippen LogP contribution in [0, 0.1) is 5.92 Å². The lowest BCUT2D eigenvalue weighted by molar-refractivity contribution is -0.190. The summed E-state index contributed by atoms with van der Waals surface area (Å²) in [6.45, 7) is 4.42. The van der Waals surface area contributed by atoms with Crippen molar-refractivity contribution >= 4 is 18.3 Å². The highest BCUT2D eigenvalue weighted by Gasteiger charge is 2.43. The second-order valence-electron chi connectivity index (χ2n) is 11.2. The van der Waals surface area contributed by atoms with Crippen LogP contribution in [-0.2, 0) is 30.3 Å². The van der Waals surface area contributed by atoms with Crippen molar-refractivity contribution in [1.29, 1.82) is 0 Å². The van der Waals surface area contributed by atoms with Crippen LogP contribution >= 0.6 is 0 Å². The summed E-state index contributed by atoms with van der Waals surface area (Å²) in [4.78, 5) is 43.3. The molecule has 0 saturated carbocycles. The van der Waals surface area contributed by atoms with Gasteiger partial charge in [-0.1, -0.05) is 104 Å². The fourth-order valence-electron chi connectivity index (χ4n) is 5.38. The fraction of sp³-hybridized carbons (Fsp3) is 0.806. The topological polar surface area (TPSA) is 110 Å². The van der Waals surface area contributed by atoms with Gasteiger partial charge < -0.3 is 19.8 Å². The van der Waals surface area contributed by atoms with Crippen molar-refractivity contribution in [1.82, 2.24) is 15.3 Å². The molecule has 0 spiro atoms. The lowest BCUT2D eigenvalue weighted by Crippen LogP contribution is -2.48. The van der Waals surface area contributed by atoms with E-state index in [1.54, 1.807) is 12.5 Å². The van der Waals surface area contributed by atoms with Crippen LogP contribution in [-0.4, -0.2) is 46.6 Å². The van der Waals surface area contributed by atoms with Gasteiger partial charge in [0.15, 0.2) is 0 Å². The highest BCUT2D eigenvalue weighted by molar-refractivity contribution is 5.79. The first-order chi connectivity index (χ1) is 19.1. The summed E-state index contributed by atoms with van der Waals surface area (Å²) < 4.78 is 11.5. The molecule has 2 rings (SSSR count). The number of aromatic amines is 1. The lowest BCUT2D eigenvalue weighted by atomic mass is 9.86. The average Bonchev–Trinajstić information content (AvgIpc) is 3.44. The van der Waals surface area contributed by atoms with Crippen LogP contribution in [0.3, 0.4) is 0 Å². The standard InChI is InChI=1S/C31H53N3O5/c1-3-5-7-9-10-11-12-13-14-15-16-18-26(21-29-27(30(36)39-29)19-17-8-6-4-2)38-31(37)28(34-24-35)20-25-22-32-23-33-25/h22-24,26-29H,3-21H2,1-2H3,(H,32,33)(H,34,35)/t26?,27-,28?,29-/m0/s1. The number of carbonyl (C=O) groups is 3. The molecular formula is C31H53N3O5. The summed E-state index contributed by atoms with van der Waals surface area (Å²) in [5, 5.41) is 2.59. The zero-order chi connectivity index (χ0) is 28.1. The summed E-state index contributed by atoms with van der Waals surface area (Å²) in [5.74, 6) is -0.694. The Kier molecular flexibility index (Phi) is 17.3. The van der Waals surface area contributed by atoms with Crippen molar-refractivity contribution in [2.24, 2.45) is 5.92 Å². The van der Waals surface area contributed by atoms with Gasteiger partial charge in [0, 0.05) is 24.7 Å². The molecule has 0 aliphatic carbocycles. The summed E-state index contributed by atoms with van der Waals surface area (Å²) in [6.07, 6.45) is 23.8. The maximum Gasteiger partial charge on any atom is 0.329 e. The smallest absolute Gasteiger partial charge is 0.329 e. The maximum atomic E-state index is 13.1.